The van der Waals surface area contributed by atoms with Gasteiger partial charge in [-0.2, -0.15) is 0 Å². The molecule has 0 aliphatic carbocycles. The highest BCUT2D eigenvalue weighted by Crippen LogP contribution is 2.24. The Morgan fingerprint density at radius 3 is 2.56 bits per heavy atom. The van der Waals surface area contributed by atoms with Crippen molar-refractivity contribution in [2.75, 3.05) is 33.3 Å². The summed E-state index contributed by atoms with van der Waals surface area (Å²) in [7, 11) is 2.19. The van der Waals surface area contributed by atoms with Crippen LogP contribution in [0.4, 0.5) is 0 Å². The van der Waals surface area contributed by atoms with E-state index >= 15 is 0 Å². The fourth-order valence-corrected chi connectivity index (χ4v) is 2.62. The number of nitrogens with two attached hydrogens (primary N) is 1. The largest absolute Gasteiger partial charge is 0.493 e. The maximum Gasteiger partial charge on any atom is 0.119 e. The summed E-state index contributed by atoms with van der Waals surface area (Å²) in [4.78, 5) is 2.39. The number of piperidine rings is 1. The summed E-state index contributed by atoms with van der Waals surface area (Å²) in [6.45, 7) is 3.84. The van der Waals surface area contributed by atoms with Crippen molar-refractivity contribution < 1.29 is 4.74 Å². The highest BCUT2D eigenvalue weighted by Gasteiger charge is 2.24. The third-order valence-electron chi connectivity index (χ3n) is 3.94. The lowest BCUT2D eigenvalue weighted by molar-refractivity contribution is 0.132. The molecule has 1 aliphatic rings. The van der Waals surface area contributed by atoms with Crippen molar-refractivity contribution in [3.8, 4) is 5.75 Å². The van der Waals surface area contributed by atoms with E-state index < -0.39 is 0 Å². The fourth-order valence-electron chi connectivity index (χ4n) is 2.62. The summed E-state index contributed by atoms with van der Waals surface area (Å²) in [5, 5.41) is 0. The molecule has 0 spiro atoms. The van der Waals surface area contributed by atoms with Gasteiger partial charge in [0.15, 0.2) is 0 Å². The van der Waals surface area contributed by atoms with Crippen LogP contribution in [-0.4, -0.2) is 38.2 Å². The summed E-state index contributed by atoms with van der Waals surface area (Å²) in [5.41, 5.74) is 5.91. The van der Waals surface area contributed by atoms with Gasteiger partial charge in [0.2, 0.25) is 0 Å². The lowest BCUT2D eigenvalue weighted by Crippen LogP contribution is -2.37. The maximum atomic E-state index is 5.91. The van der Waals surface area contributed by atoms with Crippen LogP contribution in [0.5, 0.6) is 5.75 Å². The fraction of sp³-hybridized carbons (Fsp3) is 0.600. The molecule has 1 unspecified atom stereocenters. The van der Waals surface area contributed by atoms with Crippen molar-refractivity contribution in [1.82, 2.24) is 4.90 Å². The molecule has 3 heteroatoms. The Kier molecular flexibility index (Phi) is 5.02. The zero-order valence-electron chi connectivity index (χ0n) is 11.2. The number of nitrogens with zero attached hydrogens (tertiary/aromatic N) is 1. The lowest BCUT2D eigenvalue weighted by Gasteiger charge is -2.33. The third kappa shape index (κ3) is 3.72. The van der Waals surface area contributed by atoms with E-state index in [4.69, 9.17) is 10.5 Å². The molecule has 1 aromatic rings. The van der Waals surface area contributed by atoms with Gasteiger partial charge in [-0.25, -0.2) is 0 Å². The van der Waals surface area contributed by atoms with E-state index in [9.17, 15) is 0 Å². The van der Waals surface area contributed by atoms with Gasteiger partial charge in [-0.1, -0.05) is 18.2 Å². The zero-order valence-corrected chi connectivity index (χ0v) is 11.2. The second-order valence-corrected chi connectivity index (χ2v) is 5.26. The first-order valence-corrected chi connectivity index (χ1v) is 6.86. The molecule has 1 atom stereocenters. The summed E-state index contributed by atoms with van der Waals surface area (Å²) >= 11 is 0. The molecule has 1 saturated heterocycles. The molecule has 0 aromatic heterocycles. The van der Waals surface area contributed by atoms with Gasteiger partial charge < -0.3 is 15.4 Å². The summed E-state index contributed by atoms with van der Waals surface area (Å²) in [5.74, 6) is 2.15. The number of hydrogen-bond donors (Lipinski definition) is 1. The predicted molar refractivity (Wildman–Crippen MR) is 74.7 cm³/mol. The molecule has 2 N–H and O–H groups in total. The number of likely N-dealkylation sites (tertiary alicyclic amines) is 1. The number of para-hydroxylation sites is 1. The topological polar surface area (TPSA) is 38.5 Å². The van der Waals surface area contributed by atoms with E-state index in [-0.39, 0.29) is 0 Å². The van der Waals surface area contributed by atoms with Crippen molar-refractivity contribution in [3.05, 3.63) is 30.3 Å². The van der Waals surface area contributed by atoms with E-state index in [1.165, 1.54) is 25.9 Å². The van der Waals surface area contributed by atoms with Crippen LogP contribution in [0.1, 0.15) is 12.8 Å². The molecule has 2 rings (SSSR count). The van der Waals surface area contributed by atoms with Crippen LogP contribution < -0.4 is 10.5 Å². The van der Waals surface area contributed by atoms with Gasteiger partial charge in [0.25, 0.3) is 0 Å². The van der Waals surface area contributed by atoms with E-state index in [0.29, 0.717) is 5.92 Å². The Morgan fingerprint density at radius 1 is 1.28 bits per heavy atom. The van der Waals surface area contributed by atoms with Crippen LogP contribution in [-0.2, 0) is 0 Å². The molecule has 1 aliphatic heterocycles. The first kappa shape index (κ1) is 13.4. The number of hydrogen-bond acceptors (Lipinski definition) is 3. The molecule has 0 bridgehead atoms. The van der Waals surface area contributed by atoms with E-state index in [1.807, 2.05) is 30.3 Å². The molecule has 1 aromatic carbocycles. The molecule has 18 heavy (non-hydrogen) atoms. The Bertz CT molecular complexity index is 334. The minimum Gasteiger partial charge on any atom is -0.493 e. The highest BCUT2D eigenvalue weighted by atomic mass is 16.5. The Balaban J connectivity index is 1.82. The summed E-state index contributed by atoms with van der Waals surface area (Å²) in [6.07, 6.45) is 2.49. The van der Waals surface area contributed by atoms with Crippen molar-refractivity contribution in [3.63, 3.8) is 0 Å². The van der Waals surface area contributed by atoms with Crippen molar-refractivity contribution in [2.24, 2.45) is 17.6 Å². The molecule has 3 nitrogen and oxygen atoms in total. The molecule has 0 saturated carbocycles. The Labute approximate surface area is 110 Å². The molecule has 1 heterocycles. The molecule has 0 amide bonds. The third-order valence-corrected chi connectivity index (χ3v) is 3.94. The van der Waals surface area contributed by atoms with E-state index in [0.717, 1.165) is 24.8 Å². The van der Waals surface area contributed by atoms with E-state index in [1.54, 1.807) is 0 Å². The van der Waals surface area contributed by atoms with Gasteiger partial charge in [0.1, 0.15) is 5.75 Å². The predicted octanol–water partition coefficient (Wildman–Crippen LogP) is 1.98. The van der Waals surface area contributed by atoms with E-state index in [2.05, 4.69) is 11.9 Å². The standard InChI is InChI=1S/C15H24N2O/c1-17-9-7-13(8-10-17)14(11-16)12-18-15-5-3-2-4-6-15/h2-6,13-14H,7-12,16H2,1H3. The Hall–Kier alpha value is -1.06. The summed E-state index contributed by atoms with van der Waals surface area (Å²) in [6, 6.07) is 10.0. The number of benzene rings is 1. The van der Waals surface area contributed by atoms with Gasteiger partial charge in [0, 0.05) is 5.92 Å². The quantitative estimate of drug-likeness (QED) is 0.866. The van der Waals surface area contributed by atoms with Gasteiger partial charge >= 0.3 is 0 Å². The smallest absolute Gasteiger partial charge is 0.119 e. The van der Waals surface area contributed by atoms with Crippen molar-refractivity contribution >= 4 is 0 Å². The minimum atomic E-state index is 0.485. The average Bonchev–Trinajstić information content (AvgIpc) is 2.42. The van der Waals surface area contributed by atoms with Crippen LogP contribution in [0, 0.1) is 11.8 Å². The molecular weight excluding hydrogens is 224 g/mol. The number of rotatable bonds is 5. The van der Waals surface area contributed by atoms with Crippen molar-refractivity contribution in [1.29, 1.82) is 0 Å². The Morgan fingerprint density at radius 2 is 1.94 bits per heavy atom. The maximum absolute atomic E-state index is 5.91. The van der Waals surface area contributed by atoms with Crippen LogP contribution in [0.15, 0.2) is 30.3 Å². The zero-order chi connectivity index (χ0) is 12.8. The average molecular weight is 248 g/mol. The first-order valence-electron chi connectivity index (χ1n) is 6.86. The second kappa shape index (κ2) is 6.76. The molecule has 100 valence electrons. The van der Waals surface area contributed by atoms with Crippen molar-refractivity contribution in [2.45, 2.75) is 12.8 Å². The molecule has 1 fully saturated rings. The monoisotopic (exact) mass is 248 g/mol. The van der Waals surface area contributed by atoms with Crippen LogP contribution in [0.2, 0.25) is 0 Å². The molecule has 0 radical (unpaired) electrons. The van der Waals surface area contributed by atoms with Crippen LogP contribution in [0.25, 0.3) is 0 Å². The van der Waals surface area contributed by atoms with Crippen LogP contribution >= 0.6 is 0 Å². The minimum absolute atomic E-state index is 0.485. The van der Waals surface area contributed by atoms with Gasteiger partial charge in [-0.05, 0) is 57.6 Å². The van der Waals surface area contributed by atoms with Gasteiger partial charge in [0.05, 0.1) is 6.61 Å². The first-order chi connectivity index (χ1) is 8.79. The van der Waals surface area contributed by atoms with Gasteiger partial charge in [-0.15, -0.1) is 0 Å². The van der Waals surface area contributed by atoms with Gasteiger partial charge in [-0.3, -0.25) is 0 Å². The van der Waals surface area contributed by atoms with Crippen LogP contribution in [0.3, 0.4) is 0 Å². The normalized spacial score (nSPS) is 19.7. The molecular formula is C15H24N2O. The summed E-state index contributed by atoms with van der Waals surface area (Å²) < 4.78 is 5.85. The number of ether oxygens (including phenoxy) is 1. The SMILES string of the molecule is CN1CCC(C(CN)COc2ccccc2)CC1. The second-order valence-electron chi connectivity index (χ2n) is 5.26. The highest BCUT2D eigenvalue weighted by molar-refractivity contribution is 5.20. The lowest BCUT2D eigenvalue weighted by atomic mass is 9.85.